The van der Waals surface area contributed by atoms with E-state index >= 15 is 0 Å². The maximum absolute atomic E-state index is 5.52. The predicted octanol–water partition coefficient (Wildman–Crippen LogP) is 0.636. The highest BCUT2D eigenvalue weighted by Crippen LogP contribution is 2.07. The number of rotatable bonds is 3. The highest BCUT2D eigenvalue weighted by Gasteiger charge is 2.05. The molecule has 0 aliphatic carbocycles. The van der Waals surface area contributed by atoms with Crippen LogP contribution in [0.5, 0.6) is 0 Å². The van der Waals surface area contributed by atoms with Crippen molar-refractivity contribution in [3.05, 3.63) is 11.6 Å². The van der Waals surface area contributed by atoms with Gasteiger partial charge in [-0.15, -0.1) is 0 Å². The zero-order valence-electron chi connectivity index (χ0n) is 7.06. The number of nitrogens with two attached hydrogens (primary N) is 1. The molecule has 10 heavy (non-hydrogen) atoms. The van der Waals surface area contributed by atoms with E-state index < -0.39 is 0 Å². The molecular formula is C7H16N2O. The SMILES string of the molecule is CN/C(=C(\N)OC)C(C)C. The van der Waals surface area contributed by atoms with Crippen LogP contribution in [0.4, 0.5) is 0 Å². The van der Waals surface area contributed by atoms with Gasteiger partial charge in [0.05, 0.1) is 12.8 Å². The van der Waals surface area contributed by atoms with Gasteiger partial charge in [-0.3, -0.25) is 0 Å². The number of ether oxygens (including phenoxy) is 1. The summed E-state index contributed by atoms with van der Waals surface area (Å²) in [7, 11) is 3.40. The van der Waals surface area contributed by atoms with Crippen molar-refractivity contribution in [3.63, 3.8) is 0 Å². The number of nitrogens with one attached hydrogen (secondary N) is 1. The van der Waals surface area contributed by atoms with Crippen LogP contribution in [0.3, 0.4) is 0 Å². The highest BCUT2D eigenvalue weighted by molar-refractivity contribution is 5.04. The van der Waals surface area contributed by atoms with Crippen LogP contribution in [0.25, 0.3) is 0 Å². The molecule has 0 heterocycles. The fourth-order valence-corrected chi connectivity index (χ4v) is 0.806. The van der Waals surface area contributed by atoms with Crippen LogP contribution < -0.4 is 11.1 Å². The Hall–Kier alpha value is -0.860. The van der Waals surface area contributed by atoms with Crippen LogP contribution >= 0.6 is 0 Å². The van der Waals surface area contributed by atoms with Crippen molar-refractivity contribution in [3.8, 4) is 0 Å². The molecule has 0 amide bonds. The molecule has 0 aliphatic heterocycles. The van der Waals surface area contributed by atoms with Gasteiger partial charge in [0.15, 0.2) is 0 Å². The molecule has 0 saturated carbocycles. The molecule has 0 unspecified atom stereocenters. The van der Waals surface area contributed by atoms with Gasteiger partial charge in [-0.25, -0.2) is 0 Å². The topological polar surface area (TPSA) is 47.3 Å². The van der Waals surface area contributed by atoms with Crippen LogP contribution in [0, 0.1) is 5.92 Å². The van der Waals surface area contributed by atoms with E-state index in [4.69, 9.17) is 10.5 Å². The first-order valence-corrected chi connectivity index (χ1v) is 3.34. The second kappa shape index (κ2) is 4.04. The van der Waals surface area contributed by atoms with Crippen LogP contribution in [-0.4, -0.2) is 14.2 Å². The predicted molar refractivity (Wildman–Crippen MR) is 42.1 cm³/mol. The van der Waals surface area contributed by atoms with Crippen molar-refractivity contribution >= 4 is 0 Å². The van der Waals surface area contributed by atoms with Gasteiger partial charge < -0.3 is 15.8 Å². The maximum Gasteiger partial charge on any atom is 0.203 e. The molecule has 0 saturated heterocycles. The molecule has 0 aromatic carbocycles. The van der Waals surface area contributed by atoms with E-state index in [0.717, 1.165) is 5.70 Å². The molecule has 0 aliphatic rings. The van der Waals surface area contributed by atoms with Crippen LogP contribution in [-0.2, 0) is 4.74 Å². The fourth-order valence-electron chi connectivity index (χ4n) is 0.806. The summed E-state index contributed by atoms with van der Waals surface area (Å²) in [6.07, 6.45) is 0. The zero-order chi connectivity index (χ0) is 8.15. The average molecular weight is 144 g/mol. The molecule has 0 aromatic rings. The van der Waals surface area contributed by atoms with Crippen molar-refractivity contribution in [2.24, 2.45) is 11.7 Å². The lowest BCUT2D eigenvalue weighted by Gasteiger charge is -2.12. The molecule has 3 N–H and O–H groups in total. The number of hydrogen-bond donors (Lipinski definition) is 2. The first kappa shape index (κ1) is 9.14. The van der Waals surface area contributed by atoms with Gasteiger partial charge in [-0.2, -0.15) is 0 Å². The molecule has 60 valence electrons. The first-order chi connectivity index (χ1) is 4.63. The summed E-state index contributed by atoms with van der Waals surface area (Å²) < 4.78 is 4.86. The number of allylic oxidation sites excluding steroid dienone is 1. The maximum atomic E-state index is 5.52. The Kier molecular flexibility index (Phi) is 3.69. The number of hydrogen-bond acceptors (Lipinski definition) is 3. The first-order valence-electron chi connectivity index (χ1n) is 3.34. The summed E-state index contributed by atoms with van der Waals surface area (Å²) in [5, 5.41) is 2.98. The Labute approximate surface area is 62.2 Å². The molecule has 0 bridgehead atoms. The van der Waals surface area contributed by atoms with Gasteiger partial charge in [0.1, 0.15) is 0 Å². The van der Waals surface area contributed by atoms with Gasteiger partial charge in [0, 0.05) is 7.05 Å². The highest BCUT2D eigenvalue weighted by atomic mass is 16.5. The van der Waals surface area contributed by atoms with Crippen LogP contribution in [0.2, 0.25) is 0 Å². The molecule has 0 fully saturated rings. The second-order valence-electron chi connectivity index (χ2n) is 2.39. The molecule has 0 radical (unpaired) electrons. The summed E-state index contributed by atoms with van der Waals surface area (Å²) in [6.45, 7) is 4.11. The lowest BCUT2D eigenvalue weighted by Crippen LogP contribution is -2.19. The molecule has 0 aromatic heterocycles. The van der Waals surface area contributed by atoms with E-state index in [1.165, 1.54) is 0 Å². The Bertz CT molecular complexity index is 130. The van der Waals surface area contributed by atoms with Gasteiger partial charge in [0.25, 0.3) is 0 Å². The molecular weight excluding hydrogens is 128 g/mol. The smallest absolute Gasteiger partial charge is 0.203 e. The molecule has 0 rings (SSSR count). The van der Waals surface area contributed by atoms with Gasteiger partial charge in [-0.1, -0.05) is 13.8 Å². The van der Waals surface area contributed by atoms with Gasteiger partial charge in [-0.05, 0) is 5.92 Å². The second-order valence-corrected chi connectivity index (χ2v) is 2.39. The van der Waals surface area contributed by atoms with Crippen molar-refractivity contribution in [1.82, 2.24) is 5.32 Å². The minimum absolute atomic E-state index is 0.380. The minimum atomic E-state index is 0.380. The minimum Gasteiger partial charge on any atom is -0.481 e. The Morgan fingerprint density at radius 3 is 2.10 bits per heavy atom. The van der Waals surface area contributed by atoms with Crippen molar-refractivity contribution in [1.29, 1.82) is 0 Å². The van der Waals surface area contributed by atoms with Gasteiger partial charge >= 0.3 is 0 Å². The van der Waals surface area contributed by atoms with Crippen LogP contribution in [0.1, 0.15) is 13.8 Å². The zero-order valence-corrected chi connectivity index (χ0v) is 7.06. The normalized spacial score (nSPS) is 12.9. The Morgan fingerprint density at radius 2 is 2.00 bits per heavy atom. The third-order valence-corrected chi connectivity index (χ3v) is 1.33. The Balaban J connectivity index is 4.29. The average Bonchev–Trinajstić information content (AvgIpc) is 1.88. The molecule has 0 spiro atoms. The third-order valence-electron chi connectivity index (χ3n) is 1.33. The molecule has 3 heteroatoms. The fraction of sp³-hybridized carbons (Fsp3) is 0.714. The monoisotopic (exact) mass is 144 g/mol. The van der Waals surface area contributed by atoms with E-state index in [1.54, 1.807) is 7.11 Å². The van der Waals surface area contributed by atoms with Crippen molar-refractivity contribution in [2.45, 2.75) is 13.8 Å². The van der Waals surface area contributed by atoms with Crippen molar-refractivity contribution < 1.29 is 4.74 Å². The summed E-state index contributed by atoms with van der Waals surface area (Å²) >= 11 is 0. The molecule has 3 nitrogen and oxygen atoms in total. The summed E-state index contributed by atoms with van der Waals surface area (Å²) in [5.41, 5.74) is 6.47. The molecule has 0 atom stereocenters. The summed E-state index contributed by atoms with van der Waals surface area (Å²) in [4.78, 5) is 0. The van der Waals surface area contributed by atoms with Crippen LogP contribution in [0.15, 0.2) is 11.6 Å². The lowest BCUT2D eigenvalue weighted by atomic mass is 10.1. The number of methoxy groups -OCH3 is 1. The largest absolute Gasteiger partial charge is 0.481 e. The van der Waals surface area contributed by atoms with E-state index in [-0.39, 0.29) is 0 Å². The third kappa shape index (κ3) is 2.17. The van der Waals surface area contributed by atoms with Gasteiger partial charge in [0.2, 0.25) is 5.88 Å². The lowest BCUT2D eigenvalue weighted by molar-refractivity contribution is 0.275. The van der Waals surface area contributed by atoms with Crippen molar-refractivity contribution in [2.75, 3.05) is 14.2 Å². The van der Waals surface area contributed by atoms with E-state index in [1.807, 2.05) is 7.05 Å². The Morgan fingerprint density at radius 1 is 1.50 bits per heavy atom. The summed E-state index contributed by atoms with van der Waals surface area (Å²) in [6, 6.07) is 0. The quantitative estimate of drug-likeness (QED) is 0.571. The summed E-state index contributed by atoms with van der Waals surface area (Å²) in [5.74, 6) is 0.849. The van der Waals surface area contributed by atoms with E-state index in [9.17, 15) is 0 Å². The standard InChI is InChI=1S/C7H16N2O/c1-5(2)6(9-3)7(8)10-4/h5,9H,8H2,1-4H3/b7-6+. The van der Waals surface area contributed by atoms with E-state index in [2.05, 4.69) is 19.2 Å². The van der Waals surface area contributed by atoms with E-state index in [0.29, 0.717) is 11.8 Å².